The number of amides is 1. The van der Waals surface area contributed by atoms with Crippen molar-refractivity contribution in [2.45, 2.75) is 24.1 Å². The van der Waals surface area contributed by atoms with Crippen LogP contribution in [-0.2, 0) is 18.6 Å². The van der Waals surface area contributed by atoms with Gasteiger partial charge in [0.1, 0.15) is 11.7 Å². The van der Waals surface area contributed by atoms with Gasteiger partial charge in [0.2, 0.25) is 5.91 Å². The van der Waals surface area contributed by atoms with E-state index in [-0.39, 0.29) is 12.6 Å². The Balaban J connectivity index is 2.15. The van der Waals surface area contributed by atoms with Crippen molar-refractivity contribution in [2.24, 2.45) is 0 Å². The number of carbonyl (C=O) groups is 1. The molecule has 0 aromatic heterocycles. The summed E-state index contributed by atoms with van der Waals surface area (Å²) < 4.78 is 34.8. The number of hydrogen-bond donors (Lipinski definition) is 4. The van der Waals surface area contributed by atoms with E-state index in [1.807, 2.05) is 0 Å². The Morgan fingerprint density at radius 3 is 2.82 bits per heavy atom. The number of hydrogen-bond acceptors (Lipinski definition) is 6. The van der Waals surface area contributed by atoms with E-state index in [4.69, 9.17) is 26.1 Å². The van der Waals surface area contributed by atoms with Crippen molar-refractivity contribution in [3.05, 3.63) is 12.3 Å². The maximum Gasteiger partial charge on any atom is 0.469 e. The number of ether oxygens (including phenoxy) is 1. The quantitative estimate of drug-likeness (QED) is 0.364. The molecule has 0 spiro atoms. The van der Waals surface area contributed by atoms with Gasteiger partial charge in [-0.25, -0.2) is 8.96 Å². The van der Waals surface area contributed by atoms with Crippen molar-refractivity contribution in [1.82, 2.24) is 10.2 Å². The molecule has 0 saturated carbocycles. The number of nitrogens with one attached hydrogen (secondary N) is 1. The van der Waals surface area contributed by atoms with Gasteiger partial charge in [-0.3, -0.25) is 9.32 Å². The van der Waals surface area contributed by atoms with Gasteiger partial charge in [-0.2, -0.15) is 0 Å². The Labute approximate surface area is 129 Å². The molecule has 0 radical (unpaired) electrons. The molecule has 4 N–H and O–H groups in total. The predicted octanol–water partition coefficient (Wildman–Crippen LogP) is -0.968. The van der Waals surface area contributed by atoms with Gasteiger partial charge in [-0.15, -0.1) is 11.6 Å². The van der Waals surface area contributed by atoms with Crippen LogP contribution >= 0.6 is 19.4 Å². The lowest BCUT2D eigenvalue weighted by Gasteiger charge is -2.32. The molecule has 2 aliphatic rings. The van der Waals surface area contributed by atoms with Crippen LogP contribution < -0.4 is 5.32 Å². The molecule has 0 bridgehead atoms. The molecule has 4 atom stereocenters. The highest BCUT2D eigenvalue weighted by molar-refractivity contribution is 7.46. The third kappa shape index (κ3) is 3.60. The van der Waals surface area contributed by atoms with Gasteiger partial charge in [0.05, 0.1) is 19.2 Å². The fraction of sp³-hybridized carbons (Fsp3) is 0.700. The topological polar surface area (TPSA) is 129 Å². The maximum atomic E-state index is 14.3. The zero-order valence-corrected chi connectivity index (χ0v) is 12.8. The van der Waals surface area contributed by atoms with Gasteiger partial charge in [0.25, 0.3) is 0 Å². The van der Waals surface area contributed by atoms with Crippen LogP contribution in [0.25, 0.3) is 0 Å². The van der Waals surface area contributed by atoms with Gasteiger partial charge in [0, 0.05) is 12.3 Å². The molecule has 9 nitrogen and oxygen atoms in total. The molecule has 1 fully saturated rings. The second-order valence-electron chi connectivity index (χ2n) is 4.89. The molecule has 126 valence electrons. The predicted molar refractivity (Wildman–Crippen MR) is 71.2 cm³/mol. The average molecular weight is 361 g/mol. The van der Waals surface area contributed by atoms with Crippen molar-refractivity contribution in [3.63, 3.8) is 0 Å². The lowest BCUT2D eigenvalue weighted by Crippen LogP contribution is -2.47. The van der Waals surface area contributed by atoms with Gasteiger partial charge >= 0.3 is 7.82 Å². The molecule has 2 heterocycles. The summed E-state index contributed by atoms with van der Waals surface area (Å²) in [5.41, 5.74) is -1.82. The average Bonchev–Trinajstić information content (AvgIpc) is 2.71. The first-order valence-electron chi connectivity index (χ1n) is 6.16. The first kappa shape index (κ1) is 17.6. The van der Waals surface area contributed by atoms with Crippen molar-refractivity contribution in [3.8, 4) is 0 Å². The summed E-state index contributed by atoms with van der Waals surface area (Å²) in [7, 11) is -4.84. The van der Waals surface area contributed by atoms with Crippen LogP contribution in [0.15, 0.2) is 12.3 Å². The first-order chi connectivity index (χ1) is 10.2. The third-order valence-corrected chi connectivity index (χ3v) is 4.27. The summed E-state index contributed by atoms with van der Waals surface area (Å²) in [6, 6.07) is 0. The van der Waals surface area contributed by atoms with Crippen LogP contribution in [0, 0.1) is 0 Å². The minimum Gasteiger partial charge on any atom is -0.387 e. The van der Waals surface area contributed by atoms with Gasteiger partial charge < -0.3 is 29.8 Å². The number of nitrogens with zero attached hydrogens (tertiary/aromatic N) is 1. The Morgan fingerprint density at radius 1 is 1.64 bits per heavy atom. The molecule has 22 heavy (non-hydrogen) atoms. The number of aliphatic hydroxyl groups excluding tert-OH is 1. The number of carbonyl (C=O) groups excluding carboxylic acids is 1. The fourth-order valence-electron chi connectivity index (χ4n) is 2.15. The molecular formula is C10H15ClFN2O7P. The Bertz CT molecular complexity index is 518. The molecule has 0 aromatic rings. The lowest BCUT2D eigenvalue weighted by molar-refractivity contribution is -0.132. The molecule has 0 aliphatic carbocycles. The Hall–Kier alpha value is -0.740. The van der Waals surface area contributed by atoms with Crippen LogP contribution in [0.1, 0.15) is 0 Å². The number of alkyl halides is 2. The van der Waals surface area contributed by atoms with Gasteiger partial charge in [-0.05, 0) is 0 Å². The van der Waals surface area contributed by atoms with Crippen LogP contribution in [-0.4, -0.2) is 69.0 Å². The summed E-state index contributed by atoms with van der Waals surface area (Å²) >= 11 is 5.69. The van der Waals surface area contributed by atoms with E-state index in [9.17, 15) is 18.9 Å². The van der Waals surface area contributed by atoms with Crippen LogP contribution in [0.3, 0.4) is 0 Å². The van der Waals surface area contributed by atoms with E-state index in [1.54, 1.807) is 0 Å². The highest BCUT2D eigenvalue weighted by Gasteiger charge is 2.57. The normalized spacial score (nSPS) is 35.8. The molecule has 2 aliphatic heterocycles. The fourth-order valence-corrected chi connectivity index (χ4v) is 2.84. The summed E-state index contributed by atoms with van der Waals surface area (Å²) in [4.78, 5) is 29.8. The zero-order chi connectivity index (χ0) is 16.5. The Morgan fingerprint density at radius 2 is 2.32 bits per heavy atom. The largest absolute Gasteiger partial charge is 0.469 e. The van der Waals surface area contributed by atoms with E-state index >= 15 is 0 Å². The number of rotatable bonds is 5. The highest BCUT2D eigenvalue weighted by Crippen LogP contribution is 2.42. The SMILES string of the molecule is O=C1C=CN([C@@H]2O[C@](CCl)(COP(=O)(O)O)[C@@H](O)[C@H]2F)CN1. The Kier molecular flexibility index (Phi) is 5.13. The van der Waals surface area contributed by atoms with Crippen molar-refractivity contribution >= 4 is 25.3 Å². The summed E-state index contributed by atoms with van der Waals surface area (Å²) in [5.74, 6) is -0.812. The zero-order valence-electron chi connectivity index (χ0n) is 11.1. The van der Waals surface area contributed by atoms with E-state index in [1.165, 1.54) is 11.1 Å². The van der Waals surface area contributed by atoms with Gasteiger partial charge in [-0.1, -0.05) is 0 Å². The highest BCUT2D eigenvalue weighted by atomic mass is 35.5. The van der Waals surface area contributed by atoms with E-state index < -0.39 is 44.4 Å². The second-order valence-corrected chi connectivity index (χ2v) is 6.40. The number of aliphatic hydroxyl groups is 1. The standard InChI is InChI=1S/C10H15ClFN2O7P/c11-3-10(4-20-22(17,18)19)8(16)7(12)9(21-10)14-2-1-6(15)13-5-14/h1-2,7-9,16H,3-5H2,(H,13,15)(H2,17,18,19)/t7-,8+,9-,10-/m1/s1. The lowest BCUT2D eigenvalue weighted by atomic mass is 9.99. The summed E-state index contributed by atoms with van der Waals surface area (Å²) in [6.45, 7) is -0.840. The molecule has 0 unspecified atom stereocenters. The van der Waals surface area contributed by atoms with Crippen LogP contribution in [0.5, 0.6) is 0 Å². The van der Waals surface area contributed by atoms with E-state index in [2.05, 4.69) is 9.84 Å². The minimum atomic E-state index is -4.84. The number of phosphoric acid groups is 1. The minimum absolute atomic E-state index is 0.0507. The van der Waals surface area contributed by atoms with E-state index in [0.717, 1.165) is 6.08 Å². The molecule has 0 aromatic carbocycles. The molecule has 1 saturated heterocycles. The van der Waals surface area contributed by atoms with Crippen molar-refractivity contribution in [2.75, 3.05) is 19.2 Å². The third-order valence-electron chi connectivity index (χ3n) is 3.35. The molecule has 12 heteroatoms. The van der Waals surface area contributed by atoms with E-state index in [0.29, 0.717) is 0 Å². The van der Waals surface area contributed by atoms with Crippen LogP contribution in [0.2, 0.25) is 0 Å². The van der Waals surface area contributed by atoms with Gasteiger partial charge in [0.15, 0.2) is 12.4 Å². The first-order valence-corrected chi connectivity index (χ1v) is 8.23. The number of phosphoric ester groups is 1. The second kappa shape index (κ2) is 6.40. The maximum absolute atomic E-state index is 14.3. The molecule has 1 amide bonds. The van der Waals surface area contributed by atoms with Crippen LogP contribution in [0.4, 0.5) is 4.39 Å². The van der Waals surface area contributed by atoms with Crippen molar-refractivity contribution < 1.29 is 37.9 Å². The molecular weight excluding hydrogens is 346 g/mol. The number of halogens is 2. The molecule has 2 rings (SSSR count). The summed E-state index contributed by atoms with van der Waals surface area (Å²) in [5, 5.41) is 12.4. The smallest absolute Gasteiger partial charge is 0.387 e. The van der Waals surface area contributed by atoms with Crippen molar-refractivity contribution in [1.29, 1.82) is 0 Å². The summed E-state index contributed by atoms with van der Waals surface area (Å²) in [6.07, 6.45) is -2.52. The monoisotopic (exact) mass is 360 g/mol.